The van der Waals surface area contributed by atoms with Gasteiger partial charge in [0.2, 0.25) is 12.0 Å². The number of phenols is 1. The number of aliphatic hydroxyl groups excluding tert-OH is 4. The number of carbonyl (C=O) groups is 2. The number of carboxylic acid groups (broad SMARTS) is 1. The minimum Gasteiger partial charge on any atom is -0.502 e. The van der Waals surface area contributed by atoms with E-state index in [0.29, 0.717) is 5.56 Å². The third-order valence-corrected chi connectivity index (χ3v) is 7.28. The highest BCUT2D eigenvalue weighted by molar-refractivity contribution is 5.88. The van der Waals surface area contributed by atoms with Crippen molar-refractivity contribution < 1.29 is 68.6 Å². The van der Waals surface area contributed by atoms with Gasteiger partial charge in [0, 0.05) is 12.0 Å². The van der Waals surface area contributed by atoms with Gasteiger partial charge in [-0.15, -0.1) is 0 Å². The molecule has 0 aromatic heterocycles. The van der Waals surface area contributed by atoms with Crippen molar-refractivity contribution in [3.8, 4) is 17.2 Å². The number of hydrogen-bond donors (Lipinski definition) is 6. The van der Waals surface area contributed by atoms with Gasteiger partial charge < -0.3 is 59.1 Å². The van der Waals surface area contributed by atoms with Crippen molar-refractivity contribution in [2.75, 3.05) is 20.8 Å². The fourth-order valence-corrected chi connectivity index (χ4v) is 5.03. The minimum atomic E-state index is -1.76. The average molecular weight is 581 g/mol. The molecule has 4 rings (SSSR count). The normalized spacial score (nSPS) is 33.1. The van der Waals surface area contributed by atoms with Crippen molar-refractivity contribution in [3.63, 3.8) is 0 Å². The number of benzene rings is 1. The zero-order chi connectivity index (χ0) is 30.0. The molecule has 1 aromatic carbocycles. The van der Waals surface area contributed by atoms with Crippen LogP contribution in [-0.2, 0) is 28.5 Å². The maximum atomic E-state index is 12.4. The first-order chi connectivity index (χ1) is 19.5. The van der Waals surface area contributed by atoms with Gasteiger partial charge in [0.1, 0.15) is 31.0 Å². The zero-order valence-corrected chi connectivity index (χ0v) is 22.2. The van der Waals surface area contributed by atoms with Crippen LogP contribution in [-0.4, -0.2) is 107 Å². The summed E-state index contributed by atoms with van der Waals surface area (Å²) in [5.74, 6) is -3.52. The predicted octanol–water partition coefficient (Wildman–Crippen LogP) is -0.332. The molecule has 14 heteroatoms. The number of aliphatic hydroxyl groups is 4. The molecular weight excluding hydrogens is 548 g/mol. The van der Waals surface area contributed by atoms with Crippen LogP contribution in [0.4, 0.5) is 0 Å². The van der Waals surface area contributed by atoms with Crippen LogP contribution in [0.2, 0.25) is 0 Å². The summed E-state index contributed by atoms with van der Waals surface area (Å²) in [5.41, 5.74) is 0.646. The number of methoxy groups -OCH3 is 2. The Labute approximate surface area is 234 Å². The molecule has 1 aromatic rings. The van der Waals surface area contributed by atoms with Crippen molar-refractivity contribution in [2.45, 2.75) is 49.5 Å². The van der Waals surface area contributed by atoms with Gasteiger partial charge >= 0.3 is 11.9 Å². The van der Waals surface area contributed by atoms with E-state index in [1.165, 1.54) is 32.4 Å². The molecule has 1 saturated carbocycles. The molecule has 41 heavy (non-hydrogen) atoms. The number of esters is 1. The Balaban J connectivity index is 1.41. The van der Waals surface area contributed by atoms with Gasteiger partial charge in [0.25, 0.3) is 0 Å². The Bertz CT molecular complexity index is 1200. The van der Waals surface area contributed by atoms with Crippen LogP contribution in [0.1, 0.15) is 12.0 Å². The number of carbonyl (C=O) groups excluding carboxylic acids is 1. The summed E-state index contributed by atoms with van der Waals surface area (Å²) in [6.45, 7) is 3.28. The number of aromatic hydroxyl groups is 1. The molecule has 2 fully saturated rings. The maximum Gasteiger partial charge on any atom is 0.334 e. The fourth-order valence-electron chi connectivity index (χ4n) is 5.03. The van der Waals surface area contributed by atoms with E-state index < -0.39 is 73.5 Å². The SMILES string of the molecule is C=C1[C@@H]2[C@@H](O[C@@H]3O[C@@H](COC(=O)C=Cc4cc(OC)c(O)c(OC)c4)[C@@H](O)[C@H](O)[C@H]3O)OC=C(C(=O)O)[C@H]2C[C@@H]1O. The van der Waals surface area contributed by atoms with Crippen molar-refractivity contribution >= 4 is 18.0 Å². The first-order valence-electron chi connectivity index (χ1n) is 12.6. The maximum absolute atomic E-state index is 12.4. The van der Waals surface area contributed by atoms with Crippen LogP contribution in [0.5, 0.6) is 17.2 Å². The summed E-state index contributed by atoms with van der Waals surface area (Å²) in [5, 5.41) is 61.1. The third kappa shape index (κ3) is 6.17. The fraction of sp³-hybridized carbons (Fsp3) is 0.481. The average Bonchev–Trinajstić information content (AvgIpc) is 3.25. The number of carboxylic acids is 1. The zero-order valence-electron chi connectivity index (χ0n) is 22.2. The molecule has 2 heterocycles. The lowest BCUT2D eigenvalue weighted by molar-refractivity contribution is -0.339. The number of hydrogen-bond acceptors (Lipinski definition) is 13. The second kappa shape index (κ2) is 12.5. The lowest BCUT2D eigenvalue weighted by atomic mass is 9.85. The Morgan fingerprint density at radius 3 is 2.32 bits per heavy atom. The first-order valence-corrected chi connectivity index (χ1v) is 12.6. The first kappa shape index (κ1) is 30.3. The Morgan fingerprint density at radius 1 is 1.05 bits per heavy atom. The standard InChI is InChI=1S/C27H32O14/c1-11-15(28)8-13-14(25(34)35)9-39-26(20(11)13)41-27-24(33)23(32)22(31)18(40-27)10-38-19(29)5-4-12-6-16(36-2)21(30)17(7-12)37-3/h4-7,9,13,15,18,20,22-24,26-28,30-33H,1,8,10H2,2-3H3,(H,34,35)/t13-,15+,18+,20+,22-,23+,24-,26-,27+/m1/s1. The van der Waals surface area contributed by atoms with E-state index in [2.05, 4.69) is 6.58 Å². The number of aliphatic carboxylic acids is 1. The lowest BCUT2D eigenvalue weighted by Gasteiger charge is -2.42. The Morgan fingerprint density at radius 2 is 1.71 bits per heavy atom. The van der Waals surface area contributed by atoms with Crippen LogP contribution in [0.25, 0.3) is 6.08 Å². The molecule has 0 amide bonds. The summed E-state index contributed by atoms with van der Waals surface area (Å²) >= 11 is 0. The van der Waals surface area contributed by atoms with E-state index in [1.54, 1.807) is 0 Å². The molecule has 0 radical (unpaired) electrons. The number of fused-ring (bicyclic) bond motifs is 1. The van der Waals surface area contributed by atoms with Crippen LogP contribution in [0.3, 0.4) is 0 Å². The molecule has 6 N–H and O–H groups in total. The molecule has 0 spiro atoms. The summed E-state index contributed by atoms with van der Waals surface area (Å²) in [4.78, 5) is 24.0. The van der Waals surface area contributed by atoms with Crippen LogP contribution in [0.15, 0.2) is 42.2 Å². The van der Waals surface area contributed by atoms with E-state index in [0.717, 1.165) is 12.3 Å². The molecule has 9 atom stereocenters. The second-order valence-corrected chi connectivity index (χ2v) is 9.73. The van der Waals surface area contributed by atoms with Crippen molar-refractivity contribution in [1.82, 2.24) is 0 Å². The van der Waals surface area contributed by atoms with Gasteiger partial charge in [-0.1, -0.05) is 6.58 Å². The van der Waals surface area contributed by atoms with Crippen molar-refractivity contribution in [2.24, 2.45) is 11.8 Å². The van der Waals surface area contributed by atoms with Gasteiger partial charge in [-0.2, -0.15) is 0 Å². The van der Waals surface area contributed by atoms with Crippen LogP contribution < -0.4 is 9.47 Å². The lowest BCUT2D eigenvalue weighted by Crippen LogP contribution is -2.60. The molecule has 3 aliphatic rings. The summed E-state index contributed by atoms with van der Waals surface area (Å²) in [6, 6.07) is 2.92. The molecule has 1 saturated heterocycles. The summed E-state index contributed by atoms with van der Waals surface area (Å²) in [6.07, 6.45) is -6.81. The Kier molecular flexibility index (Phi) is 9.21. The van der Waals surface area contributed by atoms with Gasteiger partial charge in [-0.3, -0.25) is 0 Å². The molecule has 2 aliphatic heterocycles. The second-order valence-electron chi connectivity index (χ2n) is 9.73. The monoisotopic (exact) mass is 580 g/mol. The van der Waals surface area contributed by atoms with Gasteiger partial charge in [-0.05, 0) is 35.8 Å². The molecule has 14 nitrogen and oxygen atoms in total. The topological polar surface area (TPSA) is 211 Å². The molecule has 0 unspecified atom stereocenters. The highest BCUT2D eigenvalue weighted by Crippen LogP contribution is 2.46. The molecule has 1 aliphatic carbocycles. The van der Waals surface area contributed by atoms with E-state index in [1.807, 2.05) is 0 Å². The van der Waals surface area contributed by atoms with E-state index >= 15 is 0 Å². The van der Waals surface area contributed by atoms with Crippen molar-refractivity contribution in [3.05, 3.63) is 47.8 Å². The largest absolute Gasteiger partial charge is 0.502 e. The van der Waals surface area contributed by atoms with Gasteiger partial charge in [-0.25, -0.2) is 9.59 Å². The number of phenolic OH excluding ortho intramolecular Hbond substituents is 1. The highest BCUT2D eigenvalue weighted by atomic mass is 16.8. The van der Waals surface area contributed by atoms with Crippen molar-refractivity contribution in [1.29, 1.82) is 0 Å². The molecule has 0 bridgehead atoms. The Hall–Kier alpha value is -3.66. The third-order valence-electron chi connectivity index (χ3n) is 7.28. The quantitative estimate of drug-likeness (QED) is 0.125. The van der Waals surface area contributed by atoms with Crippen LogP contribution >= 0.6 is 0 Å². The molecular formula is C27H32O14. The smallest absolute Gasteiger partial charge is 0.334 e. The molecule has 224 valence electrons. The van der Waals surface area contributed by atoms with E-state index in [-0.39, 0.29) is 34.8 Å². The van der Waals surface area contributed by atoms with E-state index in [9.17, 15) is 40.2 Å². The number of rotatable bonds is 9. The minimum absolute atomic E-state index is 0.0739. The predicted molar refractivity (Wildman–Crippen MR) is 136 cm³/mol. The summed E-state index contributed by atoms with van der Waals surface area (Å²) in [7, 11) is 2.70. The van der Waals surface area contributed by atoms with E-state index in [4.69, 9.17) is 28.4 Å². The summed E-state index contributed by atoms with van der Waals surface area (Å²) < 4.78 is 32.1. The highest BCUT2D eigenvalue weighted by Gasteiger charge is 2.52. The van der Waals surface area contributed by atoms with Crippen LogP contribution in [0, 0.1) is 11.8 Å². The number of ether oxygens (including phenoxy) is 6. The van der Waals surface area contributed by atoms with Gasteiger partial charge in [0.05, 0.1) is 38.1 Å². The van der Waals surface area contributed by atoms with Gasteiger partial charge in [0.15, 0.2) is 17.8 Å².